The number of carbonyl (C=O) groups is 2. The van der Waals surface area contributed by atoms with Gasteiger partial charge in [-0.25, -0.2) is 9.59 Å². The molecule has 0 saturated carbocycles. The van der Waals surface area contributed by atoms with Crippen LogP contribution in [0, 0.1) is 0 Å². The number of carbonyl (C=O) groups excluding carboxylic acids is 1. The van der Waals surface area contributed by atoms with Crippen LogP contribution in [-0.2, 0) is 14.3 Å². The van der Waals surface area contributed by atoms with Crippen LogP contribution >= 0.6 is 0 Å². The predicted octanol–water partition coefficient (Wildman–Crippen LogP) is 0.295. The van der Waals surface area contributed by atoms with Gasteiger partial charge in [0.05, 0.1) is 18.8 Å². The number of carboxylic acid groups (broad SMARTS) is 1. The lowest BCUT2D eigenvalue weighted by Crippen LogP contribution is -2.50. The molecule has 0 radical (unpaired) electrons. The molecule has 1 saturated heterocycles. The third-order valence-corrected chi connectivity index (χ3v) is 3.33. The number of aliphatic carboxylic acids is 1. The third-order valence-electron chi connectivity index (χ3n) is 3.33. The van der Waals surface area contributed by atoms with E-state index in [0.717, 1.165) is 6.42 Å². The van der Waals surface area contributed by atoms with Gasteiger partial charge in [-0.3, -0.25) is 0 Å². The van der Waals surface area contributed by atoms with Gasteiger partial charge in [0.15, 0.2) is 0 Å². The number of hydrogen-bond acceptors (Lipinski definition) is 4. The van der Waals surface area contributed by atoms with Gasteiger partial charge >= 0.3 is 12.0 Å². The smallest absolute Gasteiger partial charge is 0.326 e. The highest BCUT2D eigenvalue weighted by Gasteiger charge is 2.40. The SMILES string of the molecule is CCC(COC)NC(=O)N1CC(OC)CC1C(=O)O. The van der Waals surface area contributed by atoms with Crippen molar-refractivity contribution < 1.29 is 24.2 Å². The van der Waals surface area contributed by atoms with Gasteiger partial charge in [0, 0.05) is 27.2 Å². The largest absolute Gasteiger partial charge is 0.480 e. The molecule has 110 valence electrons. The number of methoxy groups -OCH3 is 2. The lowest BCUT2D eigenvalue weighted by Gasteiger charge is -2.25. The van der Waals surface area contributed by atoms with Gasteiger partial charge in [-0.2, -0.15) is 0 Å². The summed E-state index contributed by atoms with van der Waals surface area (Å²) in [4.78, 5) is 24.6. The second-order valence-corrected chi connectivity index (χ2v) is 4.61. The number of urea groups is 1. The monoisotopic (exact) mass is 274 g/mol. The van der Waals surface area contributed by atoms with Crippen molar-refractivity contribution in [1.29, 1.82) is 0 Å². The van der Waals surface area contributed by atoms with E-state index < -0.39 is 12.0 Å². The highest BCUT2D eigenvalue weighted by molar-refractivity contribution is 5.83. The highest BCUT2D eigenvalue weighted by atomic mass is 16.5. The molecule has 7 nitrogen and oxygen atoms in total. The van der Waals surface area contributed by atoms with Crippen LogP contribution in [0.4, 0.5) is 4.79 Å². The van der Waals surface area contributed by atoms with E-state index in [-0.39, 0.29) is 18.2 Å². The van der Waals surface area contributed by atoms with Crippen molar-refractivity contribution in [3.8, 4) is 0 Å². The molecule has 3 atom stereocenters. The molecule has 1 aliphatic rings. The van der Waals surface area contributed by atoms with Crippen molar-refractivity contribution in [2.45, 2.75) is 38.0 Å². The van der Waals surface area contributed by atoms with E-state index in [4.69, 9.17) is 14.6 Å². The second kappa shape index (κ2) is 7.30. The summed E-state index contributed by atoms with van der Waals surface area (Å²) in [5.74, 6) is -1.01. The maximum Gasteiger partial charge on any atom is 0.326 e. The molecule has 0 aromatic heterocycles. The summed E-state index contributed by atoms with van der Waals surface area (Å²) in [6.07, 6.45) is 0.813. The van der Waals surface area contributed by atoms with Crippen LogP contribution in [0.5, 0.6) is 0 Å². The van der Waals surface area contributed by atoms with Crippen LogP contribution in [0.25, 0.3) is 0 Å². The topological polar surface area (TPSA) is 88.1 Å². The van der Waals surface area contributed by atoms with Gasteiger partial charge in [-0.05, 0) is 6.42 Å². The van der Waals surface area contributed by atoms with Crippen LogP contribution in [0.1, 0.15) is 19.8 Å². The first-order valence-electron chi connectivity index (χ1n) is 6.35. The molecule has 0 spiro atoms. The van der Waals surface area contributed by atoms with Crippen molar-refractivity contribution in [3.63, 3.8) is 0 Å². The standard InChI is InChI=1S/C12H22N2O5/c1-4-8(7-18-2)13-12(17)14-6-9(19-3)5-10(14)11(15)16/h8-10H,4-7H2,1-3H3,(H,13,17)(H,15,16). The molecule has 1 heterocycles. The molecule has 1 rings (SSSR count). The van der Waals surface area contributed by atoms with Crippen LogP contribution in [0.2, 0.25) is 0 Å². The first-order valence-corrected chi connectivity index (χ1v) is 6.35. The van der Waals surface area contributed by atoms with Crippen LogP contribution in [-0.4, -0.2) is 67.6 Å². The molecule has 19 heavy (non-hydrogen) atoms. The zero-order valence-corrected chi connectivity index (χ0v) is 11.6. The number of nitrogens with zero attached hydrogens (tertiary/aromatic N) is 1. The Kier molecular flexibility index (Phi) is 6.04. The number of rotatable bonds is 6. The lowest BCUT2D eigenvalue weighted by molar-refractivity contribution is -0.141. The van der Waals surface area contributed by atoms with E-state index in [9.17, 15) is 9.59 Å². The molecule has 0 aliphatic carbocycles. The summed E-state index contributed by atoms with van der Waals surface area (Å²) >= 11 is 0. The number of ether oxygens (including phenoxy) is 2. The van der Waals surface area contributed by atoms with Crippen LogP contribution in [0.15, 0.2) is 0 Å². The van der Waals surface area contributed by atoms with Crippen molar-refractivity contribution in [2.24, 2.45) is 0 Å². The van der Waals surface area contributed by atoms with Crippen molar-refractivity contribution in [1.82, 2.24) is 10.2 Å². The molecule has 0 bridgehead atoms. The molecule has 0 aromatic rings. The van der Waals surface area contributed by atoms with E-state index in [1.54, 1.807) is 7.11 Å². The Morgan fingerprint density at radius 2 is 2.16 bits per heavy atom. The number of hydrogen-bond donors (Lipinski definition) is 2. The molecule has 1 fully saturated rings. The van der Waals surface area contributed by atoms with Gasteiger partial charge in [0.2, 0.25) is 0 Å². The zero-order chi connectivity index (χ0) is 14.4. The van der Waals surface area contributed by atoms with E-state index in [1.807, 2.05) is 6.92 Å². The third kappa shape index (κ3) is 4.07. The van der Waals surface area contributed by atoms with E-state index in [2.05, 4.69) is 5.32 Å². The zero-order valence-electron chi connectivity index (χ0n) is 11.6. The fourth-order valence-electron chi connectivity index (χ4n) is 2.15. The Bertz CT molecular complexity index is 323. The van der Waals surface area contributed by atoms with Gasteiger partial charge < -0.3 is 24.8 Å². The highest BCUT2D eigenvalue weighted by Crippen LogP contribution is 2.20. The summed E-state index contributed by atoms with van der Waals surface area (Å²) in [5.41, 5.74) is 0. The van der Waals surface area contributed by atoms with Crippen molar-refractivity contribution >= 4 is 12.0 Å². The Labute approximate surface area is 112 Å². The maximum atomic E-state index is 12.1. The summed E-state index contributed by atoms with van der Waals surface area (Å²) in [6, 6.07) is -1.32. The first-order chi connectivity index (χ1) is 9.03. The molecule has 0 aromatic carbocycles. The first kappa shape index (κ1) is 15.7. The fraction of sp³-hybridized carbons (Fsp3) is 0.833. The average molecular weight is 274 g/mol. The number of amides is 2. The number of likely N-dealkylation sites (tertiary alicyclic amines) is 1. The van der Waals surface area contributed by atoms with Crippen LogP contribution in [0.3, 0.4) is 0 Å². The molecular formula is C12H22N2O5. The molecule has 7 heteroatoms. The minimum absolute atomic E-state index is 0.117. The van der Waals surface area contributed by atoms with Crippen LogP contribution < -0.4 is 5.32 Å². The molecule has 2 amide bonds. The molecule has 3 unspecified atom stereocenters. The summed E-state index contributed by atoms with van der Waals surface area (Å²) in [5, 5.41) is 11.9. The quantitative estimate of drug-likeness (QED) is 0.727. The minimum Gasteiger partial charge on any atom is -0.480 e. The molecular weight excluding hydrogens is 252 g/mol. The predicted molar refractivity (Wildman–Crippen MR) is 68.0 cm³/mol. The Morgan fingerprint density at radius 3 is 2.63 bits per heavy atom. The Hall–Kier alpha value is -1.34. The second-order valence-electron chi connectivity index (χ2n) is 4.61. The van der Waals surface area contributed by atoms with Crippen molar-refractivity contribution in [2.75, 3.05) is 27.4 Å². The summed E-state index contributed by atoms with van der Waals surface area (Å²) in [6.45, 7) is 2.63. The Balaban J connectivity index is 2.65. The normalized spacial score (nSPS) is 24.3. The average Bonchev–Trinajstić information content (AvgIpc) is 2.82. The van der Waals surface area contributed by atoms with Gasteiger partial charge in [0.1, 0.15) is 6.04 Å². The Morgan fingerprint density at radius 1 is 1.47 bits per heavy atom. The lowest BCUT2D eigenvalue weighted by atomic mass is 10.2. The maximum absolute atomic E-state index is 12.1. The van der Waals surface area contributed by atoms with Gasteiger partial charge in [0.25, 0.3) is 0 Å². The molecule has 1 aliphatic heterocycles. The number of carboxylic acids is 1. The summed E-state index contributed by atoms with van der Waals surface area (Å²) < 4.78 is 10.1. The van der Waals surface area contributed by atoms with E-state index >= 15 is 0 Å². The summed E-state index contributed by atoms with van der Waals surface area (Å²) in [7, 11) is 3.08. The van der Waals surface area contributed by atoms with Crippen molar-refractivity contribution in [3.05, 3.63) is 0 Å². The van der Waals surface area contributed by atoms with E-state index in [1.165, 1.54) is 12.0 Å². The van der Waals surface area contributed by atoms with Gasteiger partial charge in [-0.15, -0.1) is 0 Å². The molecule has 2 N–H and O–H groups in total. The fourth-order valence-corrected chi connectivity index (χ4v) is 2.15. The minimum atomic E-state index is -1.01. The number of nitrogens with one attached hydrogen (secondary N) is 1. The van der Waals surface area contributed by atoms with E-state index in [0.29, 0.717) is 19.6 Å². The van der Waals surface area contributed by atoms with Gasteiger partial charge in [-0.1, -0.05) is 6.92 Å².